The summed E-state index contributed by atoms with van der Waals surface area (Å²) >= 11 is 1.50. The molecular weight excluding hydrogens is 296 g/mol. The van der Waals surface area contributed by atoms with Gasteiger partial charge in [-0.25, -0.2) is 4.98 Å². The molecule has 0 amide bonds. The lowest BCUT2D eigenvalue weighted by Crippen LogP contribution is -2.16. The van der Waals surface area contributed by atoms with Gasteiger partial charge in [0, 0.05) is 11.8 Å². The zero-order chi connectivity index (χ0) is 15.1. The van der Waals surface area contributed by atoms with Crippen molar-refractivity contribution in [1.82, 2.24) is 19.7 Å². The second kappa shape index (κ2) is 5.21. The third kappa shape index (κ3) is 2.29. The van der Waals surface area contributed by atoms with E-state index in [2.05, 4.69) is 15.1 Å². The van der Waals surface area contributed by atoms with Crippen molar-refractivity contribution in [2.45, 2.75) is 32.2 Å². The van der Waals surface area contributed by atoms with E-state index in [1.165, 1.54) is 30.6 Å². The first-order valence-corrected chi connectivity index (χ1v) is 8.29. The molecule has 1 aliphatic carbocycles. The molecule has 1 N–H and O–H groups in total. The van der Waals surface area contributed by atoms with Crippen molar-refractivity contribution in [3.05, 3.63) is 45.1 Å². The summed E-state index contributed by atoms with van der Waals surface area (Å²) in [5.41, 5.74) is 1.93. The fraction of sp³-hybridized carbons (Fsp3) is 0.312. The highest BCUT2D eigenvalue weighted by molar-refractivity contribution is 7.16. The average Bonchev–Trinajstić information content (AvgIpc) is 3.02. The van der Waals surface area contributed by atoms with Crippen molar-refractivity contribution < 1.29 is 0 Å². The van der Waals surface area contributed by atoms with Crippen LogP contribution in [0.4, 0.5) is 0 Å². The van der Waals surface area contributed by atoms with Crippen LogP contribution in [0.3, 0.4) is 0 Å². The molecule has 6 heteroatoms. The Labute approximate surface area is 131 Å². The molecule has 112 valence electrons. The lowest BCUT2D eigenvalue weighted by atomic mass is 9.93. The fourth-order valence-electron chi connectivity index (χ4n) is 2.65. The van der Waals surface area contributed by atoms with E-state index >= 15 is 0 Å². The van der Waals surface area contributed by atoms with Crippen LogP contribution < -0.4 is 5.56 Å². The number of fused-ring (bicyclic) bond motifs is 1. The number of aromatic amines is 1. The average molecular weight is 312 g/mol. The quantitative estimate of drug-likeness (QED) is 0.806. The molecule has 0 spiro atoms. The largest absolute Gasteiger partial charge is 0.306 e. The molecule has 0 aliphatic heterocycles. The number of hydrogen-bond donors (Lipinski definition) is 1. The number of hydrogen-bond acceptors (Lipinski definition) is 4. The van der Waals surface area contributed by atoms with Crippen molar-refractivity contribution in [2.75, 3.05) is 0 Å². The van der Waals surface area contributed by atoms with Crippen molar-refractivity contribution >= 4 is 33.7 Å². The molecule has 3 aromatic heterocycles. The molecule has 3 heterocycles. The van der Waals surface area contributed by atoms with Gasteiger partial charge in [-0.15, -0.1) is 11.3 Å². The van der Waals surface area contributed by atoms with E-state index in [1.807, 2.05) is 41.5 Å². The van der Waals surface area contributed by atoms with Crippen molar-refractivity contribution in [2.24, 2.45) is 0 Å². The molecule has 0 radical (unpaired) electrons. The monoisotopic (exact) mass is 312 g/mol. The van der Waals surface area contributed by atoms with Gasteiger partial charge in [0.25, 0.3) is 5.56 Å². The smallest absolute Gasteiger partial charge is 0.260 e. The van der Waals surface area contributed by atoms with Crippen LogP contribution in [0.2, 0.25) is 0 Å². The second-order valence-corrected chi connectivity index (χ2v) is 6.58. The standard InChI is InChI=1S/C16H16N4OS/c1-10-9-22-16-14(10)15(21)18-13(19-16)6-5-11-7-17-20(8-11)12-3-2-4-12/h5-9,12H,2-4H2,1H3,(H,18,19,21)/b6-5+. The fourth-order valence-corrected chi connectivity index (χ4v) is 3.58. The first kappa shape index (κ1) is 13.5. The minimum Gasteiger partial charge on any atom is -0.306 e. The Hall–Kier alpha value is -2.21. The normalized spacial score (nSPS) is 15.7. The summed E-state index contributed by atoms with van der Waals surface area (Å²) in [4.78, 5) is 20.2. The van der Waals surface area contributed by atoms with Crippen molar-refractivity contribution in [1.29, 1.82) is 0 Å². The van der Waals surface area contributed by atoms with Crippen LogP contribution in [0.5, 0.6) is 0 Å². The highest BCUT2D eigenvalue weighted by Crippen LogP contribution is 2.30. The molecule has 0 saturated heterocycles. The van der Waals surface area contributed by atoms with Gasteiger partial charge in [0.05, 0.1) is 17.6 Å². The van der Waals surface area contributed by atoms with Crippen LogP contribution in [0.1, 0.15) is 42.3 Å². The van der Waals surface area contributed by atoms with Gasteiger partial charge in [-0.2, -0.15) is 5.10 Å². The molecule has 1 saturated carbocycles. The Morgan fingerprint density at radius 2 is 2.27 bits per heavy atom. The van der Waals surface area contributed by atoms with E-state index in [1.54, 1.807) is 0 Å². The van der Waals surface area contributed by atoms with Gasteiger partial charge in [0.1, 0.15) is 10.7 Å². The Morgan fingerprint density at radius 1 is 1.41 bits per heavy atom. The first-order chi connectivity index (χ1) is 10.7. The van der Waals surface area contributed by atoms with Crippen LogP contribution in [-0.2, 0) is 0 Å². The van der Waals surface area contributed by atoms with Crippen LogP contribution in [0.25, 0.3) is 22.4 Å². The molecule has 0 aromatic carbocycles. The van der Waals surface area contributed by atoms with E-state index in [4.69, 9.17) is 0 Å². The predicted octanol–water partition coefficient (Wildman–Crippen LogP) is 3.38. The number of aromatic nitrogens is 4. The number of aryl methyl sites for hydroxylation is 1. The highest BCUT2D eigenvalue weighted by Gasteiger charge is 2.19. The summed E-state index contributed by atoms with van der Waals surface area (Å²) in [5.74, 6) is 0.579. The molecule has 0 bridgehead atoms. The molecule has 22 heavy (non-hydrogen) atoms. The van der Waals surface area contributed by atoms with E-state index in [0.717, 1.165) is 16.0 Å². The first-order valence-electron chi connectivity index (χ1n) is 7.41. The summed E-state index contributed by atoms with van der Waals surface area (Å²) < 4.78 is 2.03. The Bertz CT molecular complexity index is 914. The summed E-state index contributed by atoms with van der Waals surface area (Å²) in [6, 6.07) is 0.561. The maximum absolute atomic E-state index is 12.1. The van der Waals surface area contributed by atoms with Gasteiger partial charge in [-0.05, 0) is 49.3 Å². The summed E-state index contributed by atoms with van der Waals surface area (Å²) in [5, 5.41) is 7.05. The van der Waals surface area contributed by atoms with Crippen LogP contribution in [-0.4, -0.2) is 19.7 Å². The zero-order valence-corrected chi connectivity index (χ0v) is 13.1. The summed E-state index contributed by atoms with van der Waals surface area (Å²) in [6.07, 6.45) is 11.4. The topological polar surface area (TPSA) is 63.6 Å². The number of H-pyrrole nitrogens is 1. The van der Waals surface area contributed by atoms with Gasteiger partial charge in [-0.3, -0.25) is 9.48 Å². The maximum atomic E-state index is 12.1. The van der Waals surface area contributed by atoms with E-state index in [0.29, 0.717) is 17.3 Å². The third-order valence-corrected chi connectivity index (χ3v) is 5.14. The van der Waals surface area contributed by atoms with E-state index in [-0.39, 0.29) is 5.56 Å². The van der Waals surface area contributed by atoms with Gasteiger partial charge in [-0.1, -0.05) is 0 Å². The molecule has 0 atom stereocenters. The van der Waals surface area contributed by atoms with Gasteiger partial charge < -0.3 is 4.98 Å². The summed E-state index contributed by atoms with van der Waals surface area (Å²) in [6.45, 7) is 1.93. The molecule has 4 rings (SSSR count). The number of rotatable bonds is 3. The Kier molecular flexibility index (Phi) is 3.18. The summed E-state index contributed by atoms with van der Waals surface area (Å²) in [7, 11) is 0. The molecule has 5 nitrogen and oxygen atoms in total. The van der Waals surface area contributed by atoms with E-state index < -0.39 is 0 Å². The second-order valence-electron chi connectivity index (χ2n) is 5.72. The number of nitrogens with one attached hydrogen (secondary N) is 1. The molecule has 1 fully saturated rings. The third-order valence-electron chi connectivity index (χ3n) is 4.15. The lowest BCUT2D eigenvalue weighted by molar-refractivity contribution is 0.289. The molecular formula is C16H16N4OS. The molecule has 1 aliphatic rings. The minimum atomic E-state index is -0.0754. The number of nitrogens with zero attached hydrogens (tertiary/aromatic N) is 3. The Morgan fingerprint density at radius 3 is 3.05 bits per heavy atom. The Balaban J connectivity index is 1.62. The highest BCUT2D eigenvalue weighted by atomic mass is 32.1. The SMILES string of the molecule is Cc1csc2nc(/C=C/c3cnn(C4CCC4)c3)[nH]c(=O)c12. The zero-order valence-electron chi connectivity index (χ0n) is 12.2. The minimum absolute atomic E-state index is 0.0754. The molecule has 3 aromatic rings. The van der Waals surface area contributed by atoms with Crippen LogP contribution in [0, 0.1) is 6.92 Å². The van der Waals surface area contributed by atoms with Gasteiger partial charge in [0.15, 0.2) is 0 Å². The predicted molar refractivity (Wildman–Crippen MR) is 89.0 cm³/mol. The van der Waals surface area contributed by atoms with Crippen molar-refractivity contribution in [3.63, 3.8) is 0 Å². The number of thiophene rings is 1. The van der Waals surface area contributed by atoms with Crippen LogP contribution in [0.15, 0.2) is 22.6 Å². The van der Waals surface area contributed by atoms with Crippen LogP contribution >= 0.6 is 11.3 Å². The van der Waals surface area contributed by atoms with Gasteiger partial charge >= 0.3 is 0 Å². The maximum Gasteiger partial charge on any atom is 0.260 e. The van der Waals surface area contributed by atoms with E-state index in [9.17, 15) is 4.79 Å². The lowest BCUT2D eigenvalue weighted by Gasteiger charge is -2.25. The van der Waals surface area contributed by atoms with Gasteiger partial charge in [0.2, 0.25) is 0 Å². The van der Waals surface area contributed by atoms with Crippen molar-refractivity contribution in [3.8, 4) is 0 Å². The molecule has 0 unspecified atom stereocenters.